The third-order valence-electron chi connectivity index (χ3n) is 4.07. The number of carbonyl (C=O) groups excluding carboxylic acids is 1. The van der Waals surface area contributed by atoms with Gasteiger partial charge in [-0.2, -0.15) is 0 Å². The van der Waals surface area contributed by atoms with Crippen molar-refractivity contribution >= 4 is 29.1 Å². The van der Waals surface area contributed by atoms with Crippen LogP contribution in [0.1, 0.15) is 47.8 Å². The van der Waals surface area contributed by atoms with Gasteiger partial charge in [-0.25, -0.2) is 0 Å². The molecule has 0 bridgehead atoms. The predicted molar refractivity (Wildman–Crippen MR) is 101 cm³/mol. The smallest absolute Gasteiger partial charge is 0.251 e. The first-order valence-corrected chi connectivity index (χ1v) is 8.97. The average molecular weight is 338 g/mol. The molecular weight excluding hydrogens is 316 g/mol. The third-order valence-corrected chi connectivity index (χ3v) is 5.36. The van der Waals surface area contributed by atoms with E-state index in [9.17, 15) is 4.79 Å². The molecule has 0 radical (unpaired) electrons. The number of hydrogen-bond donors (Lipinski definition) is 1. The lowest BCUT2D eigenvalue weighted by Gasteiger charge is -2.12. The summed E-state index contributed by atoms with van der Waals surface area (Å²) >= 11 is 1.74. The number of fused-ring (bicyclic) bond motifs is 2. The fraction of sp³-hybridized carbons (Fsp3) is 0.300. The molecule has 0 atom stereocenters. The number of benzene rings is 2. The average Bonchev–Trinajstić information content (AvgIpc) is 2.66. The van der Waals surface area contributed by atoms with Crippen molar-refractivity contribution in [1.29, 1.82) is 0 Å². The lowest BCUT2D eigenvalue weighted by atomic mass is 10.0. The van der Waals surface area contributed by atoms with Gasteiger partial charge in [0.25, 0.3) is 5.91 Å². The van der Waals surface area contributed by atoms with Crippen LogP contribution >= 0.6 is 11.8 Å². The van der Waals surface area contributed by atoms with Crippen molar-refractivity contribution in [3.8, 4) is 0 Å². The Morgan fingerprint density at radius 1 is 1.08 bits per heavy atom. The van der Waals surface area contributed by atoms with Crippen LogP contribution in [0.25, 0.3) is 0 Å². The summed E-state index contributed by atoms with van der Waals surface area (Å²) in [6, 6.07) is 10.2. The van der Waals surface area contributed by atoms with Crippen molar-refractivity contribution in [2.45, 2.75) is 50.5 Å². The molecule has 2 aromatic carbocycles. The Balaban J connectivity index is 2.09. The molecule has 0 saturated carbocycles. The van der Waals surface area contributed by atoms with Crippen LogP contribution < -0.4 is 5.32 Å². The van der Waals surface area contributed by atoms with E-state index < -0.39 is 0 Å². The zero-order valence-corrected chi connectivity index (χ0v) is 15.5. The molecule has 24 heavy (non-hydrogen) atoms. The van der Waals surface area contributed by atoms with E-state index in [1.54, 1.807) is 11.8 Å². The fourth-order valence-corrected chi connectivity index (χ4v) is 4.10. The molecule has 1 aliphatic heterocycles. The van der Waals surface area contributed by atoms with Gasteiger partial charge < -0.3 is 5.32 Å². The minimum atomic E-state index is -0.0558. The lowest BCUT2D eigenvalue weighted by molar-refractivity contribution is 0.0943. The van der Waals surface area contributed by atoms with Gasteiger partial charge in [0.2, 0.25) is 0 Å². The second-order valence-electron chi connectivity index (χ2n) is 6.51. The highest BCUT2D eigenvalue weighted by atomic mass is 32.2. The van der Waals surface area contributed by atoms with E-state index in [1.807, 2.05) is 39.0 Å². The molecule has 3 nitrogen and oxygen atoms in total. The summed E-state index contributed by atoms with van der Waals surface area (Å²) in [6.07, 6.45) is 0. The van der Waals surface area contributed by atoms with Crippen molar-refractivity contribution in [1.82, 2.24) is 5.32 Å². The van der Waals surface area contributed by atoms with E-state index in [0.29, 0.717) is 5.56 Å². The first-order valence-electron chi connectivity index (χ1n) is 8.15. The summed E-state index contributed by atoms with van der Waals surface area (Å²) in [5.41, 5.74) is 6.21. The lowest BCUT2D eigenvalue weighted by Crippen LogP contribution is -2.29. The van der Waals surface area contributed by atoms with Gasteiger partial charge in [0.15, 0.2) is 0 Å². The summed E-state index contributed by atoms with van der Waals surface area (Å²) < 4.78 is 0. The van der Waals surface area contributed by atoms with Crippen LogP contribution in [0.4, 0.5) is 5.69 Å². The van der Waals surface area contributed by atoms with E-state index >= 15 is 0 Å². The fourth-order valence-electron chi connectivity index (χ4n) is 2.89. The molecule has 1 heterocycles. The SMILES string of the molecule is CC1=Nc2cc(C(=O)NC(C)C)ccc2Sc2c(C)ccc(C)c21. The Kier molecular flexibility index (Phi) is 4.50. The van der Waals surface area contributed by atoms with Crippen LogP contribution in [0.2, 0.25) is 0 Å². The number of aliphatic imine (C=N–C) groups is 1. The van der Waals surface area contributed by atoms with Gasteiger partial charge in [0, 0.05) is 32.7 Å². The second-order valence-corrected chi connectivity index (χ2v) is 7.57. The first-order chi connectivity index (χ1) is 11.4. The van der Waals surface area contributed by atoms with Crippen molar-refractivity contribution in [2.24, 2.45) is 4.99 Å². The predicted octanol–water partition coefficient (Wildman–Crippen LogP) is 5.05. The topological polar surface area (TPSA) is 41.5 Å². The molecule has 124 valence electrons. The maximum absolute atomic E-state index is 12.3. The van der Waals surface area contributed by atoms with Gasteiger partial charge >= 0.3 is 0 Å². The molecule has 0 saturated heterocycles. The quantitative estimate of drug-likeness (QED) is 0.833. The summed E-state index contributed by atoms with van der Waals surface area (Å²) in [6.45, 7) is 10.2. The minimum Gasteiger partial charge on any atom is -0.350 e. The Labute approximate surface area is 147 Å². The summed E-state index contributed by atoms with van der Waals surface area (Å²) in [5.74, 6) is -0.0558. The second kappa shape index (κ2) is 6.44. The van der Waals surface area contributed by atoms with Crippen LogP contribution in [0.15, 0.2) is 45.1 Å². The van der Waals surface area contributed by atoms with E-state index in [2.05, 4.69) is 31.3 Å². The highest BCUT2D eigenvalue weighted by molar-refractivity contribution is 7.99. The summed E-state index contributed by atoms with van der Waals surface area (Å²) in [7, 11) is 0. The zero-order valence-electron chi connectivity index (χ0n) is 14.7. The van der Waals surface area contributed by atoms with Crippen LogP contribution in [-0.2, 0) is 0 Å². The minimum absolute atomic E-state index is 0.0558. The maximum Gasteiger partial charge on any atom is 0.251 e. The van der Waals surface area contributed by atoms with Crippen LogP contribution in [0, 0.1) is 13.8 Å². The summed E-state index contributed by atoms with van der Waals surface area (Å²) in [4.78, 5) is 19.4. The number of hydrogen-bond acceptors (Lipinski definition) is 3. The molecule has 0 spiro atoms. The Morgan fingerprint density at radius 2 is 1.79 bits per heavy atom. The number of amides is 1. The largest absolute Gasteiger partial charge is 0.350 e. The van der Waals surface area contributed by atoms with Gasteiger partial charge in [-0.3, -0.25) is 9.79 Å². The Bertz CT molecular complexity index is 853. The maximum atomic E-state index is 12.3. The van der Waals surface area contributed by atoms with Gasteiger partial charge in [-0.05, 0) is 63.9 Å². The van der Waals surface area contributed by atoms with Gasteiger partial charge in [-0.1, -0.05) is 23.9 Å². The third kappa shape index (κ3) is 3.11. The molecular formula is C20H22N2OS. The number of nitrogens with zero attached hydrogens (tertiary/aromatic N) is 1. The molecule has 0 aromatic heterocycles. The Morgan fingerprint density at radius 3 is 2.50 bits per heavy atom. The Hall–Kier alpha value is -2.07. The van der Waals surface area contributed by atoms with E-state index in [-0.39, 0.29) is 11.9 Å². The molecule has 1 aliphatic rings. The first kappa shape index (κ1) is 16.8. The molecule has 4 heteroatoms. The van der Waals surface area contributed by atoms with Crippen LogP contribution in [0.5, 0.6) is 0 Å². The zero-order chi connectivity index (χ0) is 17.4. The molecule has 2 aromatic rings. The van der Waals surface area contributed by atoms with Crippen molar-refractivity contribution in [3.05, 3.63) is 52.6 Å². The number of aryl methyl sites for hydroxylation is 2. The highest BCUT2D eigenvalue weighted by Gasteiger charge is 2.20. The van der Waals surface area contributed by atoms with E-state index in [0.717, 1.165) is 16.3 Å². The standard InChI is InChI=1S/C20H22N2OS/c1-11(2)21-20(23)15-8-9-17-16(10-15)22-14(5)18-12(3)6-7-13(4)19(18)24-17/h6-11H,1-5H3,(H,21,23). The molecule has 0 unspecified atom stereocenters. The van der Waals surface area contributed by atoms with E-state index in [1.165, 1.54) is 21.6 Å². The number of nitrogens with one attached hydrogen (secondary N) is 1. The summed E-state index contributed by atoms with van der Waals surface area (Å²) in [5, 5.41) is 2.93. The molecule has 3 rings (SSSR count). The highest BCUT2D eigenvalue weighted by Crippen LogP contribution is 2.43. The molecule has 1 N–H and O–H groups in total. The van der Waals surface area contributed by atoms with Gasteiger partial charge in [0.05, 0.1) is 5.69 Å². The molecule has 1 amide bonds. The van der Waals surface area contributed by atoms with Crippen molar-refractivity contribution in [3.63, 3.8) is 0 Å². The van der Waals surface area contributed by atoms with Crippen molar-refractivity contribution in [2.75, 3.05) is 0 Å². The van der Waals surface area contributed by atoms with E-state index in [4.69, 9.17) is 4.99 Å². The number of carbonyl (C=O) groups is 1. The van der Waals surface area contributed by atoms with Crippen LogP contribution in [-0.4, -0.2) is 17.7 Å². The van der Waals surface area contributed by atoms with Crippen LogP contribution in [0.3, 0.4) is 0 Å². The van der Waals surface area contributed by atoms with Gasteiger partial charge in [-0.15, -0.1) is 0 Å². The normalized spacial score (nSPS) is 13.0. The molecule has 0 fully saturated rings. The monoisotopic (exact) mass is 338 g/mol. The number of rotatable bonds is 2. The molecule has 0 aliphatic carbocycles. The van der Waals surface area contributed by atoms with Crippen molar-refractivity contribution < 1.29 is 4.79 Å². The van der Waals surface area contributed by atoms with Gasteiger partial charge in [0.1, 0.15) is 0 Å².